The molecular formula is C12H12N2O3. The molecule has 0 amide bonds. The standard InChI is InChI=1S/C6H5NO2.C6H7NO/c8-6-4-2-1-3-5(6)7-9;7-5-1-3-6(8)4-2-5/h1-4,8H;1-4,8H,7H2. The molecule has 5 nitrogen and oxygen atoms in total. The SMILES string of the molecule is Nc1ccc(O)cc1.O=Nc1ccccc1O. The Hall–Kier alpha value is -2.56. The van der Waals surface area contributed by atoms with Crippen LogP contribution in [0.3, 0.4) is 0 Å². The summed E-state index contributed by atoms with van der Waals surface area (Å²) in [5.74, 6) is 0.173. The van der Waals surface area contributed by atoms with E-state index in [0.29, 0.717) is 5.69 Å². The molecule has 0 aliphatic heterocycles. The van der Waals surface area contributed by atoms with Crippen LogP contribution in [0, 0.1) is 4.91 Å². The molecule has 0 radical (unpaired) electrons. The minimum atomic E-state index is -0.0764. The first-order valence-corrected chi connectivity index (χ1v) is 4.79. The van der Waals surface area contributed by atoms with E-state index in [0.717, 1.165) is 0 Å². The number of aromatic hydroxyl groups is 2. The van der Waals surface area contributed by atoms with Crippen molar-refractivity contribution in [2.24, 2.45) is 5.18 Å². The van der Waals surface area contributed by atoms with E-state index in [2.05, 4.69) is 5.18 Å². The van der Waals surface area contributed by atoms with E-state index in [1.54, 1.807) is 36.4 Å². The average Bonchev–Trinajstić information content (AvgIpc) is 2.34. The number of phenolic OH excluding ortho intramolecular Hbond substituents is 2. The number of hydrogen-bond donors (Lipinski definition) is 3. The van der Waals surface area contributed by atoms with E-state index in [9.17, 15) is 4.91 Å². The first-order chi connectivity index (χ1) is 8.13. The van der Waals surface area contributed by atoms with Gasteiger partial charge in [0.1, 0.15) is 17.2 Å². The van der Waals surface area contributed by atoms with Crippen molar-refractivity contribution >= 4 is 11.4 Å². The van der Waals surface area contributed by atoms with Crippen molar-refractivity contribution in [3.05, 3.63) is 53.4 Å². The summed E-state index contributed by atoms with van der Waals surface area (Å²) in [4.78, 5) is 9.82. The first kappa shape index (κ1) is 12.5. The van der Waals surface area contributed by atoms with Crippen molar-refractivity contribution in [1.29, 1.82) is 0 Å². The Morgan fingerprint density at radius 1 is 0.941 bits per heavy atom. The molecule has 2 aromatic rings. The van der Waals surface area contributed by atoms with Crippen molar-refractivity contribution in [2.45, 2.75) is 0 Å². The molecule has 0 saturated carbocycles. The molecule has 0 aliphatic carbocycles. The number of para-hydroxylation sites is 1. The molecule has 2 rings (SSSR count). The Labute approximate surface area is 98.1 Å². The zero-order valence-corrected chi connectivity index (χ0v) is 8.95. The Morgan fingerprint density at radius 2 is 1.53 bits per heavy atom. The molecule has 0 spiro atoms. The number of nitrogen functional groups attached to an aromatic ring is 1. The molecule has 0 saturated heterocycles. The van der Waals surface area contributed by atoms with Gasteiger partial charge in [-0.25, -0.2) is 0 Å². The fourth-order valence-corrected chi connectivity index (χ4v) is 1.02. The fraction of sp³-hybridized carbons (Fsp3) is 0. The molecule has 4 N–H and O–H groups in total. The van der Waals surface area contributed by atoms with Gasteiger partial charge in [0.25, 0.3) is 0 Å². The second-order valence-corrected chi connectivity index (χ2v) is 3.17. The van der Waals surface area contributed by atoms with Gasteiger partial charge < -0.3 is 15.9 Å². The monoisotopic (exact) mass is 232 g/mol. The summed E-state index contributed by atoms with van der Waals surface area (Å²) in [6.45, 7) is 0. The van der Waals surface area contributed by atoms with Crippen molar-refractivity contribution < 1.29 is 10.2 Å². The largest absolute Gasteiger partial charge is 0.508 e. The summed E-state index contributed by atoms with van der Waals surface area (Å²) in [7, 11) is 0. The molecule has 0 aromatic heterocycles. The summed E-state index contributed by atoms with van der Waals surface area (Å²) in [6, 6.07) is 12.5. The Kier molecular flexibility index (Phi) is 4.50. The average molecular weight is 232 g/mol. The second-order valence-electron chi connectivity index (χ2n) is 3.17. The van der Waals surface area contributed by atoms with Gasteiger partial charge in [0.05, 0.1) is 0 Å². The Morgan fingerprint density at radius 3 is 1.94 bits per heavy atom. The van der Waals surface area contributed by atoms with Crippen LogP contribution in [0.4, 0.5) is 11.4 Å². The van der Waals surface area contributed by atoms with Crippen molar-refractivity contribution in [3.63, 3.8) is 0 Å². The van der Waals surface area contributed by atoms with Crippen LogP contribution in [0.15, 0.2) is 53.7 Å². The number of nitroso groups, excluding NO2 is 1. The zero-order valence-electron chi connectivity index (χ0n) is 8.95. The molecule has 0 heterocycles. The summed E-state index contributed by atoms with van der Waals surface area (Å²) < 4.78 is 0. The van der Waals surface area contributed by atoms with Crippen LogP contribution in [0.25, 0.3) is 0 Å². The first-order valence-electron chi connectivity index (χ1n) is 4.79. The molecule has 2 aromatic carbocycles. The highest BCUT2D eigenvalue weighted by Crippen LogP contribution is 2.23. The van der Waals surface area contributed by atoms with E-state index < -0.39 is 0 Å². The summed E-state index contributed by atoms with van der Waals surface area (Å²) in [5, 5.41) is 20.1. The second kappa shape index (κ2) is 6.12. The van der Waals surface area contributed by atoms with Crippen molar-refractivity contribution in [1.82, 2.24) is 0 Å². The smallest absolute Gasteiger partial charge is 0.149 e. The molecule has 88 valence electrons. The lowest BCUT2D eigenvalue weighted by molar-refractivity contribution is 0.475. The van der Waals surface area contributed by atoms with Crippen LogP contribution < -0.4 is 5.73 Å². The number of phenols is 2. The van der Waals surface area contributed by atoms with Gasteiger partial charge in [0.2, 0.25) is 0 Å². The lowest BCUT2D eigenvalue weighted by Crippen LogP contribution is -1.80. The molecule has 0 bridgehead atoms. The maximum absolute atomic E-state index is 9.82. The van der Waals surface area contributed by atoms with E-state index in [-0.39, 0.29) is 17.2 Å². The van der Waals surface area contributed by atoms with Gasteiger partial charge in [-0.2, -0.15) is 0 Å². The molecular weight excluding hydrogens is 220 g/mol. The number of anilines is 1. The van der Waals surface area contributed by atoms with Gasteiger partial charge in [-0.3, -0.25) is 0 Å². The highest BCUT2D eigenvalue weighted by Gasteiger charge is 1.94. The fourth-order valence-electron chi connectivity index (χ4n) is 1.02. The highest BCUT2D eigenvalue weighted by atomic mass is 16.3. The van der Waals surface area contributed by atoms with Crippen LogP contribution in [-0.2, 0) is 0 Å². The number of rotatable bonds is 1. The lowest BCUT2D eigenvalue weighted by Gasteiger charge is -1.89. The van der Waals surface area contributed by atoms with Gasteiger partial charge >= 0.3 is 0 Å². The summed E-state index contributed by atoms with van der Waals surface area (Å²) in [5.41, 5.74) is 6.07. The number of nitrogens with two attached hydrogens (primary N) is 1. The molecule has 0 aliphatic rings. The van der Waals surface area contributed by atoms with Gasteiger partial charge in [0.15, 0.2) is 0 Å². The predicted molar refractivity (Wildman–Crippen MR) is 66.1 cm³/mol. The van der Waals surface area contributed by atoms with Gasteiger partial charge in [-0.1, -0.05) is 12.1 Å². The van der Waals surface area contributed by atoms with Crippen LogP contribution in [0.2, 0.25) is 0 Å². The van der Waals surface area contributed by atoms with Crippen LogP contribution in [0.5, 0.6) is 11.5 Å². The Balaban J connectivity index is 0.000000171. The molecule has 0 atom stereocenters. The van der Waals surface area contributed by atoms with Crippen LogP contribution in [0.1, 0.15) is 0 Å². The lowest BCUT2D eigenvalue weighted by atomic mass is 10.3. The van der Waals surface area contributed by atoms with E-state index in [1.807, 2.05) is 0 Å². The molecule has 0 fully saturated rings. The van der Waals surface area contributed by atoms with Crippen molar-refractivity contribution in [3.8, 4) is 11.5 Å². The van der Waals surface area contributed by atoms with Gasteiger partial charge in [-0.15, -0.1) is 4.91 Å². The zero-order chi connectivity index (χ0) is 12.7. The van der Waals surface area contributed by atoms with Gasteiger partial charge in [-0.05, 0) is 41.6 Å². The maximum Gasteiger partial charge on any atom is 0.149 e. The van der Waals surface area contributed by atoms with Crippen molar-refractivity contribution in [2.75, 3.05) is 5.73 Å². The third kappa shape index (κ3) is 4.21. The third-order valence-electron chi connectivity index (χ3n) is 1.87. The minimum absolute atomic E-state index is 0.0764. The molecule has 5 heteroatoms. The van der Waals surface area contributed by atoms with Crippen LogP contribution >= 0.6 is 0 Å². The van der Waals surface area contributed by atoms with E-state index in [4.69, 9.17) is 15.9 Å². The van der Waals surface area contributed by atoms with Gasteiger partial charge in [0, 0.05) is 5.69 Å². The predicted octanol–water partition coefficient (Wildman–Crippen LogP) is 2.76. The quantitative estimate of drug-likeness (QED) is 0.400. The third-order valence-corrected chi connectivity index (χ3v) is 1.87. The van der Waals surface area contributed by atoms with E-state index >= 15 is 0 Å². The maximum atomic E-state index is 9.82. The minimum Gasteiger partial charge on any atom is -0.508 e. The van der Waals surface area contributed by atoms with Crippen LogP contribution in [-0.4, -0.2) is 10.2 Å². The topological polar surface area (TPSA) is 95.9 Å². The Bertz CT molecular complexity index is 462. The van der Waals surface area contributed by atoms with E-state index in [1.165, 1.54) is 12.1 Å². The number of hydrogen-bond acceptors (Lipinski definition) is 5. The number of nitrogens with zero attached hydrogens (tertiary/aromatic N) is 1. The summed E-state index contributed by atoms with van der Waals surface area (Å²) in [6.07, 6.45) is 0. The summed E-state index contributed by atoms with van der Waals surface area (Å²) >= 11 is 0. The molecule has 17 heavy (non-hydrogen) atoms. The normalized spacial score (nSPS) is 8.94. The highest BCUT2D eigenvalue weighted by molar-refractivity contribution is 5.49. The molecule has 0 unspecified atom stereocenters. The number of benzene rings is 2.